The van der Waals surface area contributed by atoms with E-state index in [4.69, 9.17) is 4.74 Å². The molecule has 29 heavy (non-hydrogen) atoms. The lowest BCUT2D eigenvalue weighted by molar-refractivity contribution is -0.122. The van der Waals surface area contributed by atoms with E-state index in [1.807, 2.05) is 48.5 Å². The van der Waals surface area contributed by atoms with Gasteiger partial charge in [0.2, 0.25) is 9.12 Å². The fourth-order valence-electron chi connectivity index (χ4n) is 3.54. The summed E-state index contributed by atoms with van der Waals surface area (Å²) in [5, 5.41) is 11.8. The van der Waals surface area contributed by atoms with Crippen LogP contribution in [-0.4, -0.2) is 42.8 Å². The maximum Gasteiger partial charge on any atom is 0.407 e. The average Bonchev–Trinajstić information content (AvgIpc) is 3.07. The minimum absolute atomic E-state index is 0.0688. The average molecular weight is 419 g/mol. The lowest BCUT2D eigenvalue weighted by atomic mass is 9.98. The van der Waals surface area contributed by atoms with Gasteiger partial charge in [-0.1, -0.05) is 48.5 Å². The third-order valence-corrected chi connectivity index (χ3v) is 5.24. The summed E-state index contributed by atoms with van der Waals surface area (Å²) in [6.45, 7) is -0.296. The number of carbonyl (C=O) groups excluding carboxylic acids is 2. The van der Waals surface area contributed by atoms with E-state index < -0.39 is 27.9 Å². The Labute approximate surface area is 170 Å². The molecule has 2 aromatic carbocycles. The molecule has 0 fully saturated rings. The molecule has 0 heterocycles. The van der Waals surface area contributed by atoms with Gasteiger partial charge in [0.25, 0.3) is 0 Å². The van der Waals surface area contributed by atoms with Crippen LogP contribution < -0.4 is 5.32 Å². The quantitative estimate of drug-likeness (QED) is 0.453. The number of ether oxygens (including phenoxy) is 1. The normalized spacial score (nSPS) is 13.9. The van der Waals surface area contributed by atoms with Gasteiger partial charge in [0.05, 0.1) is 13.2 Å². The zero-order valence-corrected chi connectivity index (χ0v) is 16.8. The van der Waals surface area contributed by atoms with Crippen molar-refractivity contribution < 1.29 is 28.2 Å². The Kier molecular flexibility index (Phi) is 7.69. The van der Waals surface area contributed by atoms with Crippen LogP contribution in [-0.2, 0) is 14.1 Å². The lowest BCUT2D eigenvalue weighted by Gasteiger charge is -2.18. The zero-order chi connectivity index (χ0) is 20.6. The number of aliphatic hydroxyl groups is 1. The Bertz CT molecular complexity index is 817. The molecule has 3 rings (SSSR count). The minimum atomic E-state index is -1.12. The highest BCUT2D eigenvalue weighted by atomic mass is 31.1. The summed E-state index contributed by atoms with van der Waals surface area (Å²) >= 11 is 0. The number of halogens is 1. The molecule has 1 aliphatic rings. The first-order chi connectivity index (χ1) is 14.2. The van der Waals surface area contributed by atoms with Gasteiger partial charge in [-0.2, -0.15) is 4.20 Å². The molecule has 2 aromatic rings. The predicted molar refractivity (Wildman–Crippen MR) is 109 cm³/mol. The molecular formula is C21H23FNO5P. The van der Waals surface area contributed by atoms with Crippen LogP contribution >= 0.6 is 9.12 Å². The van der Waals surface area contributed by atoms with Crippen LogP contribution in [0.1, 0.15) is 29.9 Å². The zero-order valence-electron chi connectivity index (χ0n) is 15.8. The molecule has 0 aromatic heterocycles. The number of hydrogen-bond donors (Lipinski definition) is 2. The number of fused-ring (bicyclic) bond motifs is 3. The molecule has 154 valence electrons. The van der Waals surface area contributed by atoms with Crippen molar-refractivity contribution in [2.75, 3.05) is 19.8 Å². The largest absolute Gasteiger partial charge is 0.449 e. The number of Topliss-reactive ketones (excluding diaryl/α,β-unsaturated/α-hetero) is 1. The van der Waals surface area contributed by atoms with Crippen molar-refractivity contribution in [1.29, 1.82) is 0 Å². The van der Waals surface area contributed by atoms with Crippen LogP contribution in [0.5, 0.6) is 0 Å². The van der Waals surface area contributed by atoms with Gasteiger partial charge in [-0.05, 0) is 28.7 Å². The molecule has 8 heteroatoms. The summed E-state index contributed by atoms with van der Waals surface area (Å²) in [5.74, 6) is -0.443. The maximum absolute atomic E-state index is 12.2. The van der Waals surface area contributed by atoms with E-state index in [1.165, 1.54) is 0 Å². The number of benzene rings is 2. The molecule has 0 spiro atoms. The molecule has 2 N–H and O–H groups in total. The maximum atomic E-state index is 12.2. The van der Waals surface area contributed by atoms with Crippen molar-refractivity contribution in [2.24, 2.45) is 0 Å². The molecule has 1 unspecified atom stereocenters. The van der Waals surface area contributed by atoms with Gasteiger partial charge in [-0.25, -0.2) is 4.79 Å². The summed E-state index contributed by atoms with van der Waals surface area (Å²) in [5.41, 5.74) is 4.42. The molecular weight excluding hydrogens is 396 g/mol. The van der Waals surface area contributed by atoms with E-state index in [9.17, 15) is 18.9 Å². The molecule has 1 aliphatic carbocycles. The Balaban J connectivity index is 1.57. The number of hydrogen-bond acceptors (Lipinski definition) is 5. The second-order valence-corrected chi connectivity index (χ2v) is 7.14. The van der Waals surface area contributed by atoms with Gasteiger partial charge in [0.1, 0.15) is 12.6 Å². The van der Waals surface area contributed by atoms with Crippen molar-refractivity contribution in [3.8, 4) is 11.1 Å². The smallest absolute Gasteiger partial charge is 0.407 e. The topological polar surface area (TPSA) is 84.9 Å². The first-order valence-electron chi connectivity index (χ1n) is 9.38. The van der Waals surface area contributed by atoms with Gasteiger partial charge in [-0.15, -0.1) is 0 Å². The number of nitrogens with one attached hydrogen (secondary N) is 1. The number of ketones is 1. The Morgan fingerprint density at radius 1 is 1.10 bits per heavy atom. The van der Waals surface area contributed by atoms with Crippen LogP contribution in [0.15, 0.2) is 48.5 Å². The molecule has 6 nitrogen and oxygen atoms in total. The van der Waals surface area contributed by atoms with Gasteiger partial charge < -0.3 is 19.7 Å². The van der Waals surface area contributed by atoms with E-state index >= 15 is 0 Å². The fourth-order valence-corrected chi connectivity index (χ4v) is 3.76. The molecule has 0 radical (unpaired) electrons. The van der Waals surface area contributed by atoms with E-state index in [2.05, 4.69) is 9.84 Å². The Morgan fingerprint density at radius 3 is 2.31 bits per heavy atom. The summed E-state index contributed by atoms with van der Waals surface area (Å²) < 4.78 is 21.9. The summed E-state index contributed by atoms with van der Waals surface area (Å²) in [7, 11) is -1.12. The summed E-state index contributed by atoms with van der Waals surface area (Å²) in [6.07, 6.45) is -0.376. The van der Waals surface area contributed by atoms with Crippen molar-refractivity contribution in [3.05, 3.63) is 59.7 Å². The Morgan fingerprint density at radius 2 is 1.72 bits per heavy atom. The van der Waals surface area contributed by atoms with Gasteiger partial charge in [-0.3, -0.25) is 4.79 Å². The summed E-state index contributed by atoms with van der Waals surface area (Å²) in [4.78, 5) is 24.3. The van der Waals surface area contributed by atoms with Crippen LogP contribution in [0.4, 0.5) is 8.99 Å². The fraction of sp³-hybridized carbons (Fsp3) is 0.333. The molecule has 0 bridgehead atoms. The Hall–Kier alpha value is -2.34. The van der Waals surface area contributed by atoms with Crippen LogP contribution in [0.3, 0.4) is 0 Å². The van der Waals surface area contributed by atoms with Crippen LogP contribution in [0.2, 0.25) is 0 Å². The van der Waals surface area contributed by atoms with E-state index in [0.717, 1.165) is 22.3 Å². The number of amides is 1. The first-order valence-corrected chi connectivity index (χ1v) is 10.2. The number of alkyl carbamates (subject to hydrolysis) is 1. The van der Waals surface area contributed by atoms with Gasteiger partial charge >= 0.3 is 6.09 Å². The predicted octanol–water partition coefficient (Wildman–Crippen LogP) is 3.73. The highest BCUT2D eigenvalue weighted by Gasteiger charge is 2.29. The SMILES string of the molecule is O=C(N[C@H](CO)C(=O)CCCOPF)OCC1c2ccccc2-c2ccccc21. The molecule has 2 atom stereocenters. The lowest BCUT2D eigenvalue weighted by Crippen LogP contribution is -2.44. The molecule has 0 saturated carbocycles. The molecule has 1 amide bonds. The highest BCUT2D eigenvalue weighted by molar-refractivity contribution is 7.25. The number of aliphatic hydroxyl groups excluding tert-OH is 1. The number of carbonyl (C=O) groups is 2. The standard InChI is InChI=1S/C21H23FNO5P/c22-29-28-11-5-10-20(25)19(12-24)23-21(26)27-13-18-16-8-3-1-6-14(16)15-7-2-4-9-17(15)18/h1-4,6-9,18-19,24,29H,5,10-13H2,(H,23,26)/t19-/m1/s1. The molecule has 0 aliphatic heterocycles. The number of rotatable bonds is 10. The van der Waals surface area contributed by atoms with E-state index in [1.54, 1.807) is 0 Å². The van der Waals surface area contributed by atoms with Crippen molar-refractivity contribution in [1.82, 2.24) is 5.32 Å². The second-order valence-electron chi connectivity index (χ2n) is 6.70. The van der Waals surface area contributed by atoms with Gasteiger partial charge in [0, 0.05) is 12.3 Å². The van der Waals surface area contributed by atoms with Crippen molar-refractivity contribution in [2.45, 2.75) is 24.8 Å². The monoisotopic (exact) mass is 419 g/mol. The molecule has 0 saturated heterocycles. The first kappa shape index (κ1) is 21.4. The van der Waals surface area contributed by atoms with Crippen LogP contribution in [0, 0.1) is 0 Å². The van der Waals surface area contributed by atoms with Crippen molar-refractivity contribution in [3.63, 3.8) is 0 Å². The van der Waals surface area contributed by atoms with E-state index in [0.29, 0.717) is 6.42 Å². The van der Waals surface area contributed by atoms with E-state index in [-0.39, 0.29) is 31.3 Å². The van der Waals surface area contributed by atoms with Crippen LogP contribution in [0.25, 0.3) is 11.1 Å². The third kappa shape index (κ3) is 5.18. The highest BCUT2D eigenvalue weighted by Crippen LogP contribution is 2.44. The third-order valence-electron chi connectivity index (χ3n) is 4.93. The minimum Gasteiger partial charge on any atom is -0.449 e. The van der Waals surface area contributed by atoms with Gasteiger partial charge in [0.15, 0.2) is 5.78 Å². The second kappa shape index (κ2) is 10.4. The summed E-state index contributed by atoms with van der Waals surface area (Å²) in [6, 6.07) is 14.9. The van der Waals surface area contributed by atoms with Crippen molar-refractivity contribution >= 4 is 21.0 Å².